The van der Waals surface area contributed by atoms with Crippen LogP contribution < -0.4 is 0 Å². The second kappa shape index (κ2) is 5.26. The zero-order chi connectivity index (χ0) is 12.1. The van der Waals surface area contributed by atoms with Gasteiger partial charge in [-0.1, -0.05) is 42.4 Å². The van der Waals surface area contributed by atoms with Crippen molar-refractivity contribution >= 4 is 0 Å². The van der Waals surface area contributed by atoms with Crippen LogP contribution in [0.5, 0.6) is 0 Å². The molecule has 2 aromatic rings. The standard InChI is InChI=1S/C13H13N3O/c1-10(7-8-14)9-12-15-13(16-17-12)11-5-3-2-4-6-11/h2-6,10H,7,9H2,1H3. The maximum Gasteiger partial charge on any atom is 0.227 e. The molecule has 1 aromatic heterocycles. The lowest BCUT2D eigenvalue weighted by atomic mass is 10.1. The summed E-state index contributed by atoms with van der Waals surface area (Å²) in [6, 6.07) is 11.8. The molecule has 0 radical (unpaired) electrons. The normalized spacial score (nSPS) is 12.0. The molecule has 0 fully saturated rings. The third-order valence-electron chi connectivity index (χ3n) is 2.46. The van der Waals surface area contributed by atoms with Crippen molar-refractivity contribution < 1.29 is 4.52 Å². The molecule has 2 rings (SSSR count). The molecule has 0 amide bonds. The van der Waals surface area contributed by atoms with Crippen LogP contribution in [0.1, 0.15) is 19.2 Å². The minimum Gasteiger partial charge on any atom is -0.339 e. The van der Waals surface area contributed by atoms with Crippen molar-refractivity contribution in [1.29, 1.82) is 5.26 Å². The van der Waals surface area contributed by atoms with E-state index in [0.29, 0.717) is 24.6 Å². The summed E-state index contributed by atoms with van der Waals surface area (Å²) in [5.74, 6) is 1.43. The average molecular weight is 227 g/mol. The molecule has 0 aliphatic carbocycles. The predicted molar refractivity (Wildman–Crippen MR) is 62.8 cm³/mol. The van der Waals surface area contributed by atoms with Crippen LogP contribution >= 0.6 is 0 Å². The molecule has 0 spiro atoms. The average Bonchev–Trinajstić information content (AvgIpc) is 2.79. The summed E-state index contributed by atoms with van der Waals surface area (Å²) in [6.45, 7) is 2.00. The van der Waals surface area contributed by atoms with Crippen LogP contribution in [0.25, 0.3) is 11.4 Å². The number of benzene rings is 1. The van der Waals surface area contributed by atoms with E-state index < -0.39 is 0 Å². The number of nitriles is 1. The lowest BCUT2D eigenvalue weighted by Crippen LogP contribution is -1.98. The van der Waals surface area contributed by atoms with Gasteiger partial charge in [0.2, 0.25) is 11.7 Å². The highest BCUT2D eigenvalue weighted by atomic mass is 16.5. The maximum atomic E-state index is 8.58. The van der Waals surface area contributed by atoms with Crippen molar-refractivity contribution in [3.8, 4) is 17.5 Å². The molecule has 0 N–H and O–H groups in total. The molecule has 4 nitrogen and oxygen atoms in total. The summed E-state index contributed by atoms with van der Waals surface area (Å²) in [7, 11) is 0. The van der Waals surface area contributed by atoms with Gasteiger partial charge < -0.3 is 4.52 Å². The molecule has 86 valence electrons. The lowest BCUT2D eigenvalue weighted by Gasteiger charge is -2.00. The topological polar surface area (TPSA) is 62.7 Å². The highest BCUT2D eigenvalue weighted by molar-refractivity contribution is 5.53. The van der Waals surface area contributed by atoms with E-state index in [0.717, 1.165) is 5.56 Å². The molecular formula is C13H13N3O. The van der Waals surface area contributed by atoms with Crippen LogP contribution in [-0.4, -0.2) is 10.1 Å². The van der Waals surface area contributed by atoms with Crippen molar-refractivity contribution in [3.05, 3.63) is 36.2 Å². The molecule has 1 atom stereocenters. The van der Waals surface area contributed by atoms with Crippen LogP contribution in [0.15, 0.2) is 34.9 Å². The van der Waals surface area contributed by atoms with E-state index in [1.807, 2.05) is 37.3 Å². The van der Waals surface area contributed by atoms with E-state index in [-0.39, 0.29) is 5.92 Å². The quantitative estimate of drug-likeness (QED) is 0.805. The second-order valence-corrected chi connectivity index (χ2v) is 4.05. The lowest BCUT2D eigenvalue weighted by molar-refractivity contribution is 0.359. The third kappa shape index (κ3) is 2.91. The number of hydrogen-bond donors (Lipinski definition) is 0. The van der Waals surface area contributed by atoms with Crippen molar-refractivity contribution in [1.82, 2.24) is 10.1 Å². The Morgan fingerprint density at radius 3 is 2.82 bits per heavy atom. The fourth-order valence-electron chi connectivity index (χ4n) is 1.57. The van der Waals surface area contributed by atoms with Gasteiger partial charge in [-0.25, -0.2) is 0 Å². The molecule has 0 aliphatic heterocycles. The fraction of sp³-hybridized carbons (Fsp3) is 0.308. The van der Waals surface area contributed by atoms with Crippen molar-refractivity contribution in [3.63, 3.8) is 0 Å². The van der Waals surface area contributed by atoms with E-state index in [9.17, 15) is 0 Å². The number of nitrogens with zero attached hydrogens (tertiary/aromatic N) is 3. The highest BCUT2D eigenvalue weighted by Gasteiger charge is 2.11. The Balaban J connectivity index is 2.09. The Kier molecular flexibility index (Phi) is 3.51. The summed E-state index contributed by atoms with van der Waals surface area (Å²) < 4.78 is 5.17. The van der Waals surface area contributed by atoms with Crippen molar-refractivity contribution in [2.45, 2.75) is 19.8 Å². The van der Waals surface area contributed by atoms with E-state index >= 15 is 0 Å². The van der Waals surface area contributed by atoms with Gasteiger partial charge in [0, 0.05) is 18.4 Å². The molecule has 1 aromatic carbocycles. The first kappa shape index (κ1) is 11.3. The monoisotopic (exact) mass is 227 g/mol. The number of rotatable bonds is 4. The first-order chi connectivity index (χ1) is 8.29. The number of aromatic nitrogens is 2. The van der Waals surface area contributed by atoms with Gasteiger partial charge in [-0.05, 0) is 5.92 Å². The van der Waals surface area contributed by atoms with Gasteiger partial charge in [-0.3, -0.25) is 0 Å². The van der Waals surface area contributed by atoms with Gasteiger partial charge in [0.1, 0.15) is 0 Å². The Morgan fingerprint density at radius 2 is 2.12 bits per heavy atom. The summed E-state index contributed by atoms with van der Waals surface area (Å²) >= 11 is 0. The Morgan fingerprint density at radius 1 is 1.35 bits per heavy atom. The van der Waals surface area contributed by atoms with Gasteiger partial charge in [-0.15, -0.1) is 0 Å². The fourth-order valence-corrected chi connectivity index (χ4v) is 1.57. The van der Waals surface area contributed by atoms with Crippen molar-refractivity contribution in [2.24, 2.45) is 5.92 Å². The first-order valence-corrected chi connectivity index (χ1v) is 5.54. The molecule has 4 heteroatoms. The Hall–Kier alpha value is -2.15. The van der Waals surface area contributed by atoms with Crippen LogP contribution in [0.2, 0.25) is 0 Å². The van der Waals surface area contributed by atoms with Crippen LogP contribution in [0.3, 0.4) is 0 Å². The van der Waals surface area contributed by atoms with Gasteiger partial charge >= 0.3 is 0 Å². The van der Waals surface area contributed by atoms with Crippen LogP contribution in [0.4, 0.5) is 0 Å². The SMILES string of the molecule is CC(CC#N)Cc1nc(-c2ccccc2)no1. The molecule has 0 saturated carbocycles. The van der Waals surface area contributed by atoms with E-state index in [2.05, 4.69) is 16.2 Å². The van der Waals surface area contributed by atoms with E-state index in [4.69, 9.17) is 9.78 Å². The van der Waals surface area contributed by atoms with Gasteiger partial charge in [0.05, 0.1) is 6.07 Å². The van der Waals surface area contributed by atoms with Gasteiger partial charge in [0.25, 0.3) is 0 Å². The summed E-state index contributed by atoms with van der Waals surface area (Å²) in [5, 5.41) is 12.5. The summed E-state index contributed by atoms with van der Waals surface area (Å²) in [5.41, 5.74) is 0.940. The molecule has 0 saturated heterocycles. The van der Waals surface area contributed by atoms with E-state index in [1.165, 1.54) is 0 Å². The van der Waals surface area contributed by atoms with Crippen molar-refractivity contribution in [2.75, 3.05) is 0 Å². The van der Waals surface area contributed by atoms with Crippen LogP contribution in [0, 0.1) is 17.2 Å². The summed E-state index contributed by atoms with van der Waals surface area (Å²) in [4.78, 5) is 4.32. The third-order valence-corrected chi connectivity index (χ3v) is 2.46. The predicted octanol–water partition coefficient (Wildman–Crippen LogP) is 2.83. The van der Waals surface area contributed by atoms with Gasteiger partial charge in [-0.2, -0.15) is 10.2 Å². The van der Waals surface area contributed by atoms with Gasteiger partial charge in [0.15, 0.2) is 0 Å². The Bertz CT molecular complexity index is 513. The smallest absolute Gasteiger partial charge is 0.227 e. The first-order valence-electron chi connectivity index (χ1n) is 5.54. The zero-order valence-corrected chi connectivity index (χ0v) is 9.63. The molecule has 1 unspecified atom stereocenters. The molecule has 0 aliphatic rings. The highest BCUT2D eigenvalue weighted by Crippen LogP contribution is 2.17. The minimum absolute atomic E-state index is 0.240. The molecular weight excluding hydrogens is 214 g/mol. The number of hydrogen-bond acceptors (Lipinski definition) is 4. The van der Waals surface area contributed by atoms with Crippen LogP contribution in [-0.2, 0) is 6.42 Å². The largest absolute Gasteiger partial charge is 0.339 e. The second-order valence-electron chi connectivity index (χ2n) is 4.05. The minimum atomic E-state index is 0.240. The zero-order valence-electron chi connectivity index (χ0n) is 9.63. The molecule has 1 heterocycles. The Labute approximate surface area is 99.9 Å². The summed E-state index contributed by atoms with van der Waals surface area (Å²) in [6.07, 6.45) is 1.15. The maximum absolute atomic E-state index is 8.58. The molecule has 17 heavy (non-hydrogen) atoms. The van der Waals surface area contributed by atoms with E-state index in [1.54, 1.807) is 0 Å². The molecule has 0 bridgehead atoms.